The van der Waals surface area contributed by atoms with Gasteiger partial charge in [-0.25, -0.2) is 0 Å². The van der Waals surface area contributed by atoms with Crippen LogP contribution < -0.4 is 5.32 Å². The molecule has 0 saturated carbocycles. The first-order valence-corrected chi connectivity index (χ1v) is 5.60. The normalized spacial score (nSPS) is 40.6. The summed E-state index contributed by atoms with van der Waals surface area (Å²) >= 11 is 0. The second-order valence-corrected chi connectivity index (χ2v) is 5.65. The van der Waals surface area contributed by atoms with E-state index < -0.39 is 0 Å². The summed E-state index contributed by atoms with van der Waals surface area (Å²) in [6.07, 6.45) is 2.34. The van der Waals surface area contributed by atoms with Crippen LogP contribution in [0.3, 0.4) is 0 Å². The van der Waals surface area contributed by atoms with Crippen molar-refractivity contribution in [1.82, 2.24) is 5.32 Å². The zero-order chi connectivity index (χ0) is 10.4. The molecule has 1 N–H and O–H groups in total. The molecule has 0 unspecified atom stereocenters. The van der Waals surface area contributed by atoms with Crippen LogP contribution in [0.2, 0.25) is 0 Å². The highest BCUT2D eigenvalue weighted by Gasteiger charge is 2.53. The topological polar surface area (TPSA) is 29.1 Å². The fourth-order valence-electron chi connectivity index (χ4n) is 2.82. The number of hydrogen-bond donors (Lipinski definition) is 1. The number of carbonyl (C=O) groups is 1. The van der Waals surface area contributed by atoms with Gasteiger partial charge in [0.2, 0.25) is 5.91 Å². The van der Waals surface area contributed by atoms with E-state index in [9.17, 15) is 4.79 Å². The maximum absolute atomic E-state index is 11.7. The first-order valence-electron chi connectivity index (χ1n) is 5.60. The smallest absolute Gasteiger partial charge is 0.223 e. The zero-order valence-corrected chi connectivity index (χ0v) is 9.47. The number of rotatable bonds is 2. The number of amides is 1. The average Bonchev–Trinajstić information content (AvgIpc) is 2.57. The van der Waals surface area contributed by atoms with E-state index in [1.165, 1.54) is 30.4 Å². The molecule has 3 heteroatoms. The molecule has 80 valence electrons. The van der Waals surface area contributed by atoms with Crippen LogP contribution in [0.15, 0.2) is 0 Å². The van der Waals surface area contributed by atoms with Gasteiger partial charge < -0.3 is 9.80 Å². The van der Waals surface area contributed by atoms with Gasteiger partial charge in [0.25, 0.3) is 0 Å². The van der Waals surface area contributed by atoms with E-state index in [1.54, 1.807) is 0 Å². The third-order valence-electron chi connectivity index (χ3n) is 3.86. The highest BCUT2D eigenvalue weighted by Crippen LogP contribution is 2.37. The van der Waals surface area contributed by atoms with Crippen LogP contribution in [0.1, 0.15) is 26.7 Å². The van der Waals surface area contributed by atoms with Gasteiger partial charge in [0.15, 0.2) is 0 Å². The summed E-state index contributed by atoms with van der Waals surface area (Å²) < 4.78 is 1.17. The number of carbonyl (C=O) groups excluding carboxylic acids is 1. The molecule has 2 aliphatic heterocycles. The first kappa shape index (κ1) is 9.97. The predicted octanol–water partition coefficient (Wildman–Crippen LogP) is 0.751. The van der Waals surface area contributed by atoms with Crippen LogP contribution in [0.4, 0.5) is 0 Å². The van der Waals surface area contributed by atoms with Crippen molar-refractivity contribution in [1.29, 1.82) is 0 Å². The van der Waals surface area contributed by atoms with Crippen molar-refractivity contribution in [3.05, 3.63) is 0 Å². The highest BCUT2D eigenvalue weighted by atomic mass is 16.2. The van der Waals surface area contributed by atoms with E-state index in [0.29, 0.717) is 0 Å². The Morgan fingerprint density at radius 1 is 1.36 bits per heavy atom. The second kappa shape index (κ2) is 2.96. The van der Waals surface area contributed by atoms with E-state index >= 15 is 0 Å². The van der Waals surface area contributed by atoms with Crippen LogP contribution in [0.25, 0.3) is 0 Å². The van der Waals surface area contributed by atoms with Crippen LogP contribution in [0, 0.1) is 5.92 Å². The molecular weight excluding hydrogens is 176 g/mol. The molecule has 1 amide bonds. The van der Waals surface area contributed by atoms with Crippen molar-refractivity contribution in [2.24, 2.45) is 5.92 Å². The Hall–Kier alpha value is -0.570. The number of likely N-dealkylation sites (N-methyl/N-ethyl adjacent to an activating group) is 1. The van der Waals surface area contributed by atoms with E-state index in [2.05, 4.69) is 12.4 Å². The van der Waals surface area contributed by atoms with Crippen LogP contribution in [0.5, 0.6) is 0 Å². The molecule has 0 aromatic rings. The Bertz CT molecular complexity index is 252. The van der Waals surface area contributed by atoms with E-state index in [0.717, 1.165) is 6.54 Å². The van der Waals surface area contributed by atoms with Crippen LogP contribution in [-0.2, 0) is 4.79 Å². The molecule has 2 bridgehead atoms. The Morgan fingerprint density at radius 3 is 2.29 bits per heavy atom. The molecular formula is C11H21N2O+. The molecule has 0 aromatic heterocycles. The lowest BCUT2D eigenvalue weighted by molar-refractivity contribution is -0.889. The Morgan fingerprint density at radius 2 is 1.93 bits per heavy atom. The maximum Gasteiger partial charge on any atom is 0.223 e. The highest BCUT2D eigenvalue weighted by molar-refractivity contribution is 5.78. The van der Waals surface area contributed by atoms with Gasteiger partial charge in [-0.2, -0.15) is 0 Å². The number of nitrogens with zero attached hydrogens (tertiary/aromatic N) is 1. The molecule has 2 rings (SSSR count). The predicted molar refractivity (Wildman–Crippen MR) is 55.7 cm³/mol. The lowest BCUT2D eigenvalue weighted by atomic mass is 9.94. The summed E-state index contributed by atoms with van der Waals surface area (Å²) in [6, 6.07) is 0. The van der Waals surface area contributed by atoms with Crippen LogP contribution in [-0.4, -0.2) is 42.6 Å². The fraction of sp³-hybridized carbons (Fsp3) is 0.909. The molecule has 0 aromatic carbocycles. The molecule has 2 fully saturated rings. The summed E-state index contributed by atoms with van der Waals surface area (Å²) in [7, 11) is 2.30. The SMILES string of the molecule is CC(C)C(=O)NC12CC[N+](C)(CC1)C2. The molecule has 2 saturated heterocycles. The lowest BCUT2D eigenvalue weighted by Gasteiger charge is -2.26. The van der Waals surface area contributed by atoms with Crippen molar-refractivity contribution in [3.8, 4) is 0 Å². The summed E-state index contributed by atoms with van der Waals surface area (Å²) in [5.41, 5.74) is 0.149. The molecule has 2 aliphatic rings. The summed E-state index contributed by atoms with van der Waals surface area (Å²) in [6.45, 7) is 7.54. The number of piperidine rings is 1. The standard InChI is InChI=1S/C11H20N2O/c1-9(2)10(14)12-11-4-6-13(3,8-11)7-5-11/h9H,4-8H2,1-3H3/p+1. The third-order valence-corrected chi connectivity index (χ3v) is 3.86. The molecule has 3 nitrogen and oxygen atoms in total. The van der Waals surface area contributed by atoms with Crippen molar-refractivity contribution in [2.75, 3.05) is 26.7 Å². The van der Waals surface area contributed by atoms with Crippen molar-refractivity contribution in [2.45, 2.75) is 32.2 Å². The zero-order valence-electron chi connectivity index (χ0n) is 9.47. The molecule has 0 atom stereocenters. The summed E-state index contributed by atoms with van der Waals surface area (Å²) in [5, 5.41) is 3.25. The minimum absolute atomic E-state index is 0.115. The van der Waals surface area contributed by atoms with E-state index in [4.69, 9.17) is 0 Å². The van der Waals surface area contributed by atoms with Gasteiger partial charge in [-0.05, 0) is 0 Å². The number of hydrogen-bond acceptors (Lipinski definition) is 1. The van der Waals surface area contributed by atoms with Crippen molar-refractivity contribution < 1.29 is 9.28 Å². The number of fused-ring (bicyclic) bond motifs is 2. The van der Waals surface area contributed by atoms with Gasteiger partial charge >= 0.3 is 0 Å². The number of quaternary nitrogens is 1. The molecule has 0 spiro atoms. The Balaban J connectivity index is 2.02. The Labute approximate surface area is 86.1 Å². The third kappa shape index (κ3) is 1.54. The maximum atomic E-state index is 11.7. The average molecular weight is 197 g/mol. The second-order valence-electron chi connectivity index (χ2n) is 5.65. The molecule has 0 radical (unpaired) electrons. The first-order chi connectivity index (χ1) is 6.45. The quantitative estimate of drug-likeness (QED) is 0.650. The van der Waals surface area contributed by atoms with Gasteiger partial charge in [0.1, 0.15) is 6.54 Å². The molecule has 2 heterocycles. The largest absolute Gasteiger partial charge is 0.344 e. The molecule has 14 heavy (non-hydrogen) atoms. The monoisotopic (exact) mass is 197 g/mol. The minimum Gasteiger partial charge on any atom is -0.344 e. The van der Waals surface area contributed by atoms with Gasteiger partial charge in [-0.1, -0.05) is 13.8 Å². The summed E-state index contributed by atoms with van der Waals surface area (Å²) in [5.74, 6) is 0.338. The van der Waals surface area contributed by atoms with Gasteiger partial charge in [0.05, 0.1) is 25.7 Å². The summed E-state index contributed by atoms with van der Waals surface area (Å²) in [4.78, 5) is 11.7. The van der Waals surface area contributed by atoms with Crippen molar-refractivity contribution in [3.63, 3.8) is 0 Å². The van der Waals surface area contributed by atoms with Gasteiger partial charge in [-0.15, -0.1) is 0 Å². The minimum atomic E-state index is 0.115. The van der Waals surface area contributed by atoms with Gasteiger partial charge in [0, 0.05) is 18.8 Å². The van der Waals surface area contributed by atoms with E-state index in [1.807, 2.05) is 13.8 Å². The molecule has 0 aliphatic carbocycles. The lowest BCUT2D eigenvalue weighted by Crippen LogP contribution is -2.49. The van der Waals surface area contributed by atoms with Gasteiger partial charge in [-0.3, -0.25) is 4.79 Å². The van der Waals surface area contributed by atoms with Crippen LogP contribution >= 0.6 is 0 Å². The van der Waals surface area contributed by atoms with E-state index in [-0.39, 0.29) is 17.4 Å². The number of nitrogens with one attached hydrogen (secondary N) is 1. The Kier molecular flexibility index (Phi) is 2.11. The van der Waals surface area contributed by atoms with Crippen molar-refractivity contribution >= 4 is 5.91 Å². The fourth-order valence-corrected chi connectivity index (χ4v) is 2.82.